The molecule has 16 heavy (non-hydrogen) atoms. The van der Waals surface area contributed by atoms with Gasteiger partial charge in [-0.1, -0.05) is 77.0 Å². The van der Waals surface area contributed by atoms with E-state index < -0.39 is 8.25 Å². The smallest absolute Gasteiger partial charge is 0.134 e. The molecule has 0 aromatic heterocycles. The lowest BCUT2D eigenvalue weighted by Gasteiger charge is -2.05. The van der Waals surface area contributed by atoms with Crippen LogP contribution in [-0.2, 0) is 4.57 Å². The molecule has 2 N–H and O–H groups in total. The van der Waals surface area contributed by atoms with Gasteiger partial charge in [0, 0.05) is 4.57 Å². The lowest BCUT2D eigenvalue weighted by Crippen LogP contribution is -1.85. The Labute approximate surface area is 100 Å². The Morgan fingerprint density at radius 2 is 0.562 bits per heavy atom. The minimum absolute atomic E-state index is 1.50. The highest BCUT2D eigenvalue weighted by molar-refractivity contribution is 7.30. The second kappa shape index (κ2) is 13.1. The Hall–Kier alpha value is 0.0200. The van der Waals surface area contributed by atoms with E-state index in [1.807, 2.05) is 0 Å². The molecule has 2 fully saturated rings. The number of hydrogen-bond donors (Lipinski definition) is 2. The van der Waals surface area contributed by atoms with Gasteiger partial charge < -0.3 is 0 Å². The highest BCUT2D eigenvalue weighted by Crippen LogP contribution is 2.15. The quantitative estimate of drug-likeness (QED) is 0.629. The normalized spacial score (nSPS) is 19.6. The van der Waals surface area contributed by atoms with E-state index >= 15 is 0 Å². The van der Waals surface area contributed by atoms with Gasteiger partial charge in [0.15, 0.2) is 0 Å². The van der Waals surface area contributed by atoms with E-state index in [2.05, 4.69) is 0 Å². The van der Waals surface area contributed by atoms with Crippen LogP contribution < -0.4 is 0 Å². The molecule has 0 saturated heterocycles. The second-order valence-electron chi connectivity index (χ2n) is 4.50. The van der Waals surface area contributed by atoms with Crippen molar-refractivity contribution in [2.75, 3.05) is 0 Å². The van der Waals surface area contributed by atoms with Gasteiger partial charge in [-0.3, -0.25) is 0 Å². The van der Waals surface area contributed by atoms with Crippen LogP contribution in [0.3, 0.4) is 0 Å². The molecular formula is C12H26O3P+. The Balaban J connectivity index is 0.000000217. The molecular weight excluding hydrogens is 223 g/mol. The SMILES string of the molecule is C1CCCCC1.C1CCCCC1.O=[P+](O)O. The van der Waals surface area contributed by atoms with E-state index in [9.17, 15) is 0 Å². The van der Waals surface area contributed by atoms with Crippen molar-refractivity contribution in [3.63, 3.8) is 0 Å². The first-order chi connectivity index (χ1) is 7.73. The molecule has 0 unspecified atom stereocenters. The zero-order chi connectivity index (χ0) is 12.1. The van der Waals surface area contributed by atoms with Crippen molar-refractivity contribution in [3.8, 4) is 0 Å². The van der Waals surface area contributed by atoms with Gasteiger partial charge in [-0.2, -0.15) is 0 Å². The van der Waals surface area contributed by atoms with E-state index in [0.29, 0.717) is 0 Å². The Morgan fingerprint density at radius 1 is 0.500 bits per heavy atom. The van der Waals surface area contributed by atoms with E-state index in [0.717, 1.165) is 0 Å². The first-order valence-corrected chi connectivity index (χ1v) is 7.75. The van der Waals surface area contributed by atoms with Crippen LogP contribution in [-0.4, -0.2) is 9.79 Å². The van der Waals surface area contributed by atoms with Crippen molar-refractivity contribution in [1.29, 1.82) is 0 Å². The molecule has 4 heteroatoms. The third kappa shape index (κ3) is 16.4. The summed E-state index contributed by atoms with van der Waals surface area (Å²) in [7, 11) is -2.87. The van der Waals surface area contributed by atoms with Crippen molar-refractivity contribution in [2.45, 2.75) is 77.0 Å². The molecule has 0 atom stereocenters. The molecule has 96 valence electrons. The minimum atomic E-state index is -2.87. The molecule has 0 aliphatic heterocycles. The van der Waals surface area contributed by atoms with Crippen LogP contribution in [0.2, 0.25) is 0 Å². The predicted molar refractivity (Wildman–Crippen MR) is 67.4 cm³/mol. The second-order valence-corrected chi connectivity index (χ2v) is 5.00. The molecule has 2 rings (SSSR count). The first-order valence-electron chi connectivity index (χ1n) is 6.58. The van der Waals surface area contributed by atoms with Gasteiger partial charge >= 0.3 is 8.25 Å². The lowest BCUT2D eigenvalue weighted by molar-refractivity contribution is 0.405. The Morgan fingerprint density at radius 3 is 0.625 bits per heavy atom. The summed E-state index contributed by atoms with van der Waals surface area (Å²) in [6.07, 6.45) is 18.0. The fourth-order valence-corrected chi connectivity index (χ4v) is 2.12. The molecule has 0 aromatic carbocycles. The predicted octanol–water partition coefficient (Wildman–Crippen LogP) is 4.31. The summed E-state index contributed by atoms with van der Waals surface area (Å²) < 4.78 is 8.70. The first kappa shape index (κ1) is 16.0. The van der Waals surface area contributed by atoms with Gasteiger partial charge in [0.05, 0.1) is 0 Å². The largest absolute Gasteiger partial charge is 0.692 e. The van der Waals surface area contributed by atoms with Crippen molar-refractivity contribution < 1.29 is 14.4 Å². The van der Waals surface area contributed by atoms with Crippen LogP contribution >= 0.6 is 8.25 Å². The molecule has 0 amide bonds. The molecule has 2 aliphatic carbocycles. The van der Waals surface area contributed by atoms with Gasteiger partial charge in [-0.05, 0) is 0 Å². The van der Waals surface area contributed by atoms with Crippen molar-refractivity contribution in [2.24, 2.45) is 0 Å². The molecule has 0 spiro atoms. The lowest BCUT2D eigenvalue weighted by atomic mass is 10.0. The topological polar surface area (TPSA) is 57.5 Å². The van der Waals surface area contributed by atoms with Crippen molar-refractivity contribution >= 4 is 8.25 Å². The summed E-state index contributed by atoms with van der Waals surface area (Å²) in [6, 6.07) is 0. The zero-order valence-electron chi connectivity index (χ0n) is 10.2. The average molecular weight is 249 g/mol. The zero-order valence-corrected chi connectivity index (χ0v) is 11.1. The average Bonchev–Trinajstić information content (AvgIpc) is 2.34. The van der Waals surface area contributed by atoms with E-state index in [-0.39, 0.29) is 0 Å². The molecule has 2 saturated carbocycles. The van der Waals surface area contributed by atoms with Gasteiger partial charge in [-0.25, -0.2) is 0 Å². The third-order valence-electron chi connectivity index (χ3n) is 3.00. The van der Waals surface area contributed by atoms with Crippen LogP contribution in [0.5, 0.6) is 0 Å². The minimum Gasteiger partial charge on any atom is -0.134 e. The molecule has 0 radical (unpaired) electrons. The number of hydrogen-bond acceptors (Lipinski definition) is 1. The van der Waals surface area contributed by atoms with Gasteiger partial charge in [0.1, 0.15) is 0 Å². The van der Waals surface area contributed by atoms with Crippen molar-refractivity contribution in [3.05, 3.63) is 0 Å². The maximum Gasteiger partial charge on any atom is 0.692 e. The standard InChI is InChI=1S/2C6H12.HO3P/c2*1-2-4-6-5-3-1;1-4(2)3/h2*1-6H2;(H-,1,2,3)/p+1. The monoisotopic (exact) mass is 249 g/mol. The van der Waals surface area contributed by atoms with Gasteiger partial charge in [0.25, 0.3) is 0 Å². The third-order valence-corrected chi connectivity index (χ3v) is 3.00. The summed E-state index contributed by atoms with van der Waals surface area (Å²) in [4.78, 5) is 14.2. The van der Waals surface area contributed by atoms with E-state index in [4.69, 9.17) is 14.4 Å². The maximum atomic E-state index is 8.70. The summed E-state index contributed by atoms with van der Waals surface area (Å²) in [6.45, 7) is 0. The fourth-order valence-electron chi connectivity index (χ4n) is 2.12. The van der Waals surface area contributed by atoms with Gasteiger partial charge in [0.2, 0.25) is 0 Å². The Bertz CT molecular complexity index is 115. The van der Waals surface area contributed by atoms with Gasteiger partial charge in [-0.15, -0.1) is 9.79 Å². The van der Waals surface area contributed by atoms with Crippen LogP contribution in [0.4, 0.5) is 0 Å². The molecule has 3 nitrogen and oxygen atoms in total. The fraction of sp³-hybridized carbons (Fsp3) is 1.00. The van der Waals surface area contributed by atoms with Crippen LogP contribution in [0.25, 0.3) is 0 Å². The highest BCUT2D eigenvalue weighted by Gasteiger charge is 1.96. The number of rotatable bonds is 0. The van der Waals surface area contributed by atoms with Crippen LogP contribution in [0, 0.1) is 0 Å². The maximum absolute atomic E-state index is 8.70. The molecule has 0 aromatic rings. The van der Waals surface area contributed by atoms with Crippen molar-refractivity contribution in [1.82, 2.24) is 0 Å². The summed E-state index contributed by atoms with van der Waals surface area (Å²) in [5.74, 6) is 0. The Kier molecular flexibility index (Phi) is 13.1. The summed E-state index contributed by atoms with van der Waals surface area (Å²) in [5, 5.41) is 0. The summed E-state index contributed by atoms with van der Waals surface area (Å²) in [5.41, 5.74) is 0. The molecule has 2 aliphatic rings. The molecule has 0 bridgehead atoms. The van der Waals surface area contributed by atoms with Crippen LogP contribution in [0.1, 0.15) is 77.0 Å². The van der Waals surface area contributed by atoms with E-state index in [1.165, 1.54) is 77.0 Å². The van der Waals surface area contributed by atoms with E-state index in [1.54, 1.807) is 0 Å². The van der Waals surface area contributed by atoms with Crippen LogP contribution in [0.15, 0.2) is 0 Å². The highest BCUT2D eigenvalue weighted by atomic mass is 31.1. The summed E-state index contributed by atoms with van der Waals surface area (Å²) >= 11 is 0. The molecule has 0 heterocycles.